The third-order valence-electron chi connectivity index (χ3n) is 2.87. The van der Waals surface area contributed by atoms with E-state index in [2.05, 4.69) is 15.4 Å². The van der Waals surface area contributed by atoms with Gasteiger partial charge >= 0.3 is 5.97 Å². The SMILES string of the molecule is Cc1nn(C)c(NCCc2nc(C(=O)O)cs2)c1C(N)=O. The van der Waals surface area contributed by atoms with Crippen molar-refractivity contribution in [2.45, 2.75) is 13.3 Å². The Morgan fingerprint density at radius 2 is 2.24 bits per heavy atom. The molecule has 0 unspecified atom stereocenters. The summed E-state index contributed by atoms with van der Waals surface area (Å²) in [5.74, 6) is -1.02. The summed E-state index contributed by atoms with van der Waals surface area (Å²) >= 11 is 1.29. The molecule has 0 radical (unpaired) electrons. The van der Waals surface area contributed by atoms with Gasteiger partial charge in [-0.2, -0.15) is 5.10 Å². The highest BCUT2D eigenvalue weighted by Crippen LogP contribution is 2.18. The molecule has 2 heterocycles. The van der Waals surface area contributed by atoms with Crippen LogP contribution in [0.1, 0.15) is 31.5 Å². The minimum atomic E-state index is -1.04. The number of thiazole rings is 1. The Morgan fingerprint density at radius 3 is 2.81 bits per heavy atom. The van der Waals surface area contributed by atoms with Crippen LogP contribution in [0.5, 0.6) is 0 Å². The zero-order valence-corrected chi connectivity index (χ0v) is 12.4. The van der Waals surface area contributed by atoms with Crippen LogP contribution in [-0.2, 0) is 13.5 Å². The van der Waals surface area contributed by atoms with Gasteiger partial charge in [0.2, 0.25) is 0 Å². The van der Waals surface area contributed by atoms with E-state index in [1.165, 1.54) is 16.7 Å². The summed E-state index contributed by atoms with van der Waals surface area (Å²) < 4.78 is 1.56. The van der Waals surface area contributed by atoms with Crippen molar-refractivity contribution >= 4 is 29.0 Å². The Hall–Kier alpha value is -2.42. The van der Waals surface area contributed by atoms with E-state index in [4.69, 9.17) is 10.8 Å². The first-order chi connectivity index (χ1) is 9.90. The van der Waals surface area contributed by atoms with Crippen LogP contribution >= 0.6 is 11.3 Å². The summed E-state index contributed by atoms with van der Waals surface area (Å²) in [5.41, 5.74) is 6.31. The van der Waals surface area contributed by atoms with Crippen LogP contribution < -0.4 is 11.1 Å². The molecule has 0 aliphatic heterocycles. The van der Waals surface area contributed by atoms with Crippen LogP contribution in [0, 0.1) is 6.92 Å². The molecule has 2 aromatic rings. The summed E-state index contributed by atoms with van der Waals surface area (Å²) in [6.07, 6.45) is 0.542. The number of anilines is 1. The molecule has 0 atom stereocenters. The van der Waals surface area contributed by atoms with Crippen molar-refractivity contribution in [3.63, 3.8) is 0 Å². The van der Waals surface area contributed by atoms with Gasteiger partial charge in [-0.3, -0.25) is 9.48 Å². The first-order valence-electron chi connectivity index (χ1n) is 6.15. The molecule has 0 aromatic carbocycles. The number of hydrogen-bond donors (Lipinski definition) is 3. The summed E-state index contributed by atoms with van der Waals surface area (Å²) in [6, 6.07) is 0. The number of hydrogen-bond acceptors (Lipinski definition) is 6. The van der Waals surface area contributed by atoms with E-state index in [-0.39, 0.29) is 5.69 Å². The molecular weight excluding hydrogens is 294 g/mol. The molecule has 0 bridgehead atoms. The molecule has 1 amide bonds. The molecule has 0 saturated carbocycles. The molecular formula is C12H15N5O3S. The van der Waals surface area contributed by atoms with Gasteiger partial charge in [0.05, 0.1) is 10.7 Å². The molecule has 112 valence electrons. The van der Waals surface area contributed by atoms with Gasteiger partial charge in [0.15, 0.2) is 5.69 Å². The highest BCUT2D eigenvalue weighted by atomic mass is 32.1. The molecule has 9 heteroatoms. The minimum Gasteiger partial charge on any atom is -0.476 e. The largest absolute Gasteiger partial charge is 0.476 e. The number of carboxylic acid groups (broad SMARTS) is 1. The molecule has 21 heavy (non-hydrogen) atoms. The normalized spacial score (nSPS) is 10.6. The monoisotopic (exact) mass is 309 g/mol. The highest BCUT2D eigenvalue weighted by molar-refractivity contribution is 7.09. The van der Waals surface area contributed by atoms with Crippen LogP contribution in [0.4, 0.5) is 5.82 Å². The first-order valence-corrected chi connectivity index (χ1v) is 7.03. The molecule has 0 aliphatic rings. The Morgan fingerprint density at radius 1 is 1.52 bits per heavy atom. The van der Waals surface area contributed by atoms with Crippen LogP contribution in [0.25, 0.3) is 0 Å². The highest BCUT2D eigenvalue weighted by Gasteiger charge is 2.17. The van der Waals surface area contributed by atoms with E-state index in [0.29, 0.717) is 35.0 Å². The summed E-state index contributed by atoms with van der Waals surface area (Å²) in [7, 11) is 1.72. The second-order valence-corrected chi connectivity index (χ2v) is 5.35. The number of aryl methyl sites for hydroxylation is 2. The number of aromatic nitrogens is 3. The van der Waals surface area contributed by atoms with Crippen LogP contribution in [-0.4, -0.2) is 38.3 Å². The first kappa shape index (κ1) is 15.0. The molecule has 4 N–H and O–H groups in total. The average molecular weight is 309 g/mol. The maximum atomic E-state index is 11.4. The van der Waals surface area contributed by atoms with E-state index >= 15 is 0 Å². The number of carboxylic acids is 1. The van der Waals surface area contributed by atoms with E-state index in [0.717, 1.165) is 0 Å². The van der Waals surface area contributed by atoms with Crippen molar-refractivity contribution in [2.24, 2.45) is 12.8 Å². The van der Waals surface area contributed by atoms with E-state index in [1.54, 1.807) is 18.7 Å². The second kappa shape index (κ2) is 5.92. The quantitative estimate of drug-likeness (QED) is 0.719. The number of nitrogens with zero attached hydrogens (tertiary/aromatic N) is 3. The van der Waals surface area contributed by atoms with Gasteiger partial charge in [0, 0.05) is 25.4 Å². The summed E-state index contributed by atoms with van der Waals surface area (Å²) in [6.45, 7) is 2.21. The maximum absolute atomic E-state index is 11.4. The number of amides is 1. The third kappa shape index (κ3) is 3.19. The standard InChI is InChI=1S/C12H15N5O3S/c1-6-9(10(13)18)11(17(2)16-6)14-4-3-8-15-7(5-21-8)12(19)20/h5,14H,3-4H2,1-2H3,(H2,13,18)(H,19,20). The Bertz CT molecular complexity index is 691. The lowest BCUT2D eigenvalue weighted by atomic mass is 10.2. The summed E-state index contributed by atoms with van der Waals surface area (Å²) in [5, 5.41) is 18.2. The van der Waals surface area contributed by atoms with Gasteiger partial charge in [0.25, 0.3) is 5.91 Å². The molecule has 0 fully saturated rings. The number of nitrogens with one attached hydrogen (secondary N) is 1. The number of carbonyl (C=O) groups excluding carboxylic acids is 1. The van der Waals surface area contributed by atoms with Crippen molar-refractivity contribution in [3.8, 4) is 0 Å². The Labute approximate surface area is 124 Å². The molecule has 2 rings (SSSR count). The lowest BCUT2D eigenvalue weighted by Crippen LogP contribution is -2.16. The van der Waals surface area contributed by atoms with E-state index in [9.17, 15) is 9.59 Å². The van der Waals surface area contributed by atoms with Crippen LogP contribution in [0.15, 0.2) is 5.38 Å². The smallest absolute Gasteiger partial charge is 0.355 e. The van der Waals surface area contributed by atoms with Gasteiger partial charge in [-0.1, -0.05) is 0 Å². The van der Waals surface area contributed by atoms with Gasteiger partial charge < -0.3 is 16.2 Å². The fourth-order valence-electron chi connectivity index (χ4n) is 1.97. The lowest BCUT2D eigenvalue weighted by molar-refractivity contribution is 0.0691. The number of nitrogens with two attached hydrogens (primary N) is 1. The Balaban J connectivity index is 2.03. The third-order valence-corrected chi connectivity index (χ3v) is 3.78. The topological polar surface area (TPSA) is 123 Å². The lowest BCUT2D eigenvalue weighted by Gasteiger charge is -2.07. The second-order valence-electron chi connectivity index (χ2n) is 4.41. The molecule has 8 nitrogen and oxygen atoms in total. The fraction of sp³-hybridized carbons (Fsp3) is 0.333. The van der Waals surface area contributed by atoms with Crippen molar-refractivity contribution in [2.75, 3.05) is 11.9 Å². The number of aromatic carboxylic acids is 1. The average Bonchev–Trinajstić information content (AvgIpc) is 2.95. The van der Waals surface area contributed by atoms with Gasteiger partial charge in [0.1, 0.15) is 11.4 Å². The minimum absolute atomic E-state index is 0.0456. The van der Waals surface area contributed by atoms with Crippen molar-refractivity contribution in [1.29, 1.82) is 0 Å². The van der Waals surface area contributed by atoms with Crippen molar-refractivity contribution in [3.05, 3.63) is 27.3 Å². The van der Waals surface area contributed by atoms with Gasteiger partial charge in [-0.15, -0.1) is 11.3 Å². The zero-order valence-electron chi connectivity index (χ0n) is 11.6. The van der Waals surface area contributed by atoms with Crippen LogP contribution in [0.3, 0.4) is 0 Å². The molecule has 0 saturated heterocycles. The van der Waals surface area contributed by atoms with E-state index < -0.39 is 11.9 Å². The molecule has 0 aliphatic carbocycles. The number of primary amides is 1. The van der Waals surface area contributed by atoms with E-state index in [1.807, 2.05) is 0 Å². The fourth-order valence-corrected chi connectivity index (χ4v) is 2.74. The molecule has 0 spiro atoms. The van der Waals surface area contributed by atoms with Gasteiger partial charge in [-0.05, 0) is 6.92 Å². The Kier molecular flexibility index (Phi) is 4.22. The predicted octanol–water partition coefficient (Wildman–Crippen LogP) is 0.637. The van der Waals surface area contributed by atoms with Crippen LogP contribution in [0.2, 0.25) is 0 Å². The van der Waals surface area contributed by atoms with Crippen molar-refractivity contribution < 1.29 is 14.7 Å². The number of rotatable bonds is 6. The zero-order chi connectivity index (χ0) is 15.6. The molecule has 2 aromatic heterocycles. The summed E-state index contributed by atoms with van der Waals surface area (Å²) in [4.78, 5) is 26.2. The van der Waals surface area contributed by atoms with Crippen molar-refractivity contribution in [1.82, 2.24) is 14.8 Å². The van der Waals surface area contributed by atoms with Gasteiger partial charge in [-0.25, -0.2) is 9.78 Å². The number of carbonyl (C=O) groups is 2. The predicted molar refractivity (Wildman–Crippen MR) is 77.7 cm³/mol. The maximum Gasteiger partial charge on any atom is 0.355 e.